The van der Waals surface area contributed by atoms with Gasteiger partial charge in [0.1, 0.15) is 0 Å². The second-order valence-electron chi connectivity index (χ2n) is 8.15. The van der Waals surface area contributed by atoms with Gasteiger partial charge in [-0.25, -0.2) is 0 Å². The first-order chi connectivity index (χ1) is 13.2. The summed E-state index contributed by atoms with van der Waals surface area (Å²) < 4.78 is 0. The first-order valence-corrected chi connectivity index (χ1v) is 9.79. The summed E-state index contributed by atoms with van der Waals surface area (Å²) in [7, 11) is 0. The van der Waals surface area contributed by atoms with Crippen LogP contribution < -0.4 is 0 Å². The molecule has 0 spiro atoms. The summed E-state index contributed by atoms with van der Waals surface area (Å²) in [5.74, 6) is -0.602. The number of nitrogens with zero attached hydrogens (tertiary/aromatic N) is 3. The van der Waals surface area contributed by atoms with E-state index in [0.717, 1.165) is 0 Å². The van der Waals surface area contributed by atoms with Crippen molar-refractivity contribution in [1.29, 1.82) is 0 Å². The Hall–Kier alpha value is -2.70. The largest absolute Gasteiger partial charge is 0.339 e. The highest BCUT2D eigenvalue weighted by molar-refractivity contribution is 6.22. The van der Waals surface area contributed by atoms with E-state index in [1.807, 2.05) is 27.7 Å². The average molecular weight is 385 g/mol. The van der Waals surface area contributed by atoms with Crippen molar-refractivity contribution < 1.29 is 19.2 Å². The Morgan fingerprint density at radius 3 is 2.04 bits per heavy atom. The standard InChI is InChI=1S/C21H27N3O4/c1-13(2)12-24-20(27)16-6-5-15(11-17(16)21(24)28)19(26)23-9-7-22(8-10-23)18(25)14(3)4/h5-6,11,13-14H,7-10,12H2,1-4H3. The predicted octanol–water partition coefficient (Wildman–Crippen LogP) is 1.88. The summed E-state index contributed by atoms with van der Waals surface area (Å²) in [4.78, 5) is 54.8. The molecule has 0 N–H and O–H groups in total. The van der Waals surface area contributed by atoms with Crippen LogP contribution in [0.3, 0.4) is 0 Å². The molecule has 0 radical (unpaired) electrons. The number of hydrogen-bond acceptors (Lipinski definition) is 4. The third-order valence-electron chi connectivity index (χ3n) is 5.14. The predicted molar refractivity (Wildman–Crippen MR) is 104 cm³/mol. The maximum atomic E-state index is 12.9. The normalized spacial score (nSPS) is 17.0. The van der Waals surface area contributed by atoms with Crippen molar-refractivity contribution in [2.24, 2.45) is 11.8 Å². The molecule has 7 heteroatoms. The molecule has 3 rings (SSSR count). The molecule has 1 saturated heterocycles. The van der Waals surface area contributed by atoms with Crippen LogP contribution in [0.15, 0.2) is 18.2 Å². The van der Waals surface area contributed by atoms with Crippen LogP contribution in [-0.4, -0.2) is 71.1 Å². The van der Waals surface area contributed by atoms with Gasteiger partial charge in [-0.3, -0.25) is 24.1 Å². The summed E-state index contributed by atoms with van der Waals surface area (Å²) in [6, 6.07) is 4.71. The zero-order valence-corrected chi connectivity index (χ0v) is 16.9. The van der Waals surface area contributed by atoms with E-state index in [4.69, 9.17) is 0 Å². The van der Waals surface area contributed by atoms with Gasteiger partial charge in [-0.1, -0.05) is 27.7 Å². The molecule has 0 aromatic heterocycles. The fourth-order valence-corrected chi connectivity index (χ4v) is 3.63. The molecular formula is C21H27N3O4. The topological polar surface area (TPSA) is 78.0 Å². The number of piperazine rings is 1. The molecule has 150 valence electrons. The van der Waals surface area contributed by atoms with Crippen LogP contribution in [0.25, 0.3) is 0 Å². The Morgan fingerprint density at radius 1 is 0.893 bits per heavy atom. The number of hydrogen-bond donors (Lipinski definition) is 0. The summed E-state index contributed by atoms with van der Waals surface area (Å²) in [5, 5.41) is 0. The molecule has 0 bridgehead atoms. The van der Waals surface area contributed by atoms with Crippen LogP contribution in [-0.2, 0) is 4.79 Å². The van der Waals surface area contributed by atoms with E-state index >= 15 is 0 Å². The van der Waals surface area contributed by atoms with Crippen molar-refractivity contribution in [3.05, 3.63) is 34.9 Å². The molecule has 2 aliphatic rings. The molecule has 1 aromatic rings. The smallest absolute Gasteiger partial charge is 0.261 e. The fourth-order valence-electron chi connectivity index (χ4n) is 3.63. The van der Waals surface area contributed by atoms with E-state index in [2.05, 4.69) is 0 Å². The van der Waals surface area contributed by atoms with Crippen LogP contribution in [0, 0.1) is 11.8 Å². The van der Waals surface area contributed by atoms with E-state index < -0.39 is 0 Å². The van der Waals surface area contributed by atoms with Crippen LogP contribution in [0.4, 0.5) is 0 Å². The third-order valence-corrected chi connectivity index (χ3v) is 5.14. The van der Waals surface area contributed by atoms with Gasteiger partial charge in [0, 0.05) is 44.2 Å². The van der Waals surface area contributed by atoms with Crippen LogP contribution in [0.5, 0.6) is 0 Å². The first kappa shape index (κ1) is 20.0. The fraction of sp³-hybridized carbons (Fsp3) is 0.524. The summed E-state index contributed by atoms with van der Waals surface area (Å²) in [5.41, 5.74) is 1.05. The summed E-state index contributed by atoms with van der Waals surface area (Å²) >= 11 is 0. The number of benzene rings is 1. The van der Waals surface area contributed by atoms with Crippen molar-refractivity contribution in [2.45, 2.75) is 27.7 Å². The Labute approximate surface area is 165 Å². The monoisotopic (exact) mass is 385 g/mol. The quantitative estimate of drug-likeness (QED) is 0.742. The number of rotatable bonds is 4. The molecule has 0 unspecified atom stereocenters. The third kappa shape index (κ3) is 3.66. The highest BCUT2D eigenvalue weighted by Gasteiger charge is 2.36. The Kier molecular flexibility index (Phi) is 5.54. The molecule has 28 heavy (non-hydrogen) atoms. The van der Waals surface area contributed by atoms with E-state index in [-0.39, 0.29) is 35.5 Å². The Bertz CT molecular complexity index is 823. The van der Waals surface area contributed by atoms with Gasteiger partial charge in [0.2, 0.25) is 5.91 Å². The van der Waals surface area contributed by atoms with Gasteiger partial charge in [-0.15, -0.1) is 0 Å². The zero-order chi connectivity index (χ0) is 20.6. The highest BCUT2D eigenvalue weighted by Crippen LogP contribution is 2.25. The molecule has 7 nitrogen and oxygen atoms in total. The van der Waals surface area contributed by atoms with Crippen molar-refractivity contribution >= 4 is 23.6 Å². The molecule has 1 aromatic carbocycles. The number of fused-ring (bicyclic) bond motifs is 1. The average Bonchev–Trinajstić information content (AvgIpc) is 2.91. The van der Waals surface area contributed by atoms with E-state index in [1.54, 1.807) is 21.9 Å². The molecule has 0 saturated carbocycles. The van der Waals surface area contributed by atoms with Crippen molar-refractivity contribution in [2.75, 3.05) is 32.7 Å². The van der Waals surface area contributed by atoms with Gasteiger partial charge in [0.25, 0.3) is 17.7 Å². The van der Waals surface area contributed by atoms with Crippen LogP contribution in [0.1, 0.15) is 58.8 Å². The molecular weight excluding hydrogens is 358 g/mol. The van der Waals surface area contributed by atoms with Gasteiger partial charge < -0.3 is 9.80 Å². The van der Waals surface area contributed by atoms with Gasteiger partial charge in [-0.05, 0) is 24.1 Å². The Morgan fingerprint density at radius 2 is 1.46 bits per heavy atom. The highest BCUT2D eigenvalue weighted by atomic mass is 16.2. The van der Waals surface area contributed by atoms with Gasteiger partial charge in [-0.2, -0.15) is 0 Å². The lowest BCUT2D eigenvalue weighted by molar-refractivity contribution is -0.135. The minimum atomic E-state index is -0.337. The van der Waals surface area contributed by atoms with Gasteiger partial charge in [0.15, 0.2) is 0 Å². The zero-order valence-electron chi connectivity index (χ0n) is 16.9. The molecule has 0 atom stereocenters. The number of amides is 4. The van der Waals surface area contributed by atoms with Gasteiger partial charge >= 0.3 is 0 Å². The summed E-state index contributed by atoms with van der Waals surface area (Å²) in [6.45, 7) is 9.92. The van der Waals surface area contributed by atoms with Crippen molar-refractivity contribution in [1.82, 2.24) is 14.7 Å². The molecule has 2 aliphatic heterocycles. The maximum Gasteiger partial charge on any atom is 0.261 e. The molecule has 1 fully saturated rings. The minimum absolute atomic E-state index is 0.0590. The minimum Gasteiger partial charge on any atom is -0.339 e. The maximum absolute atomic E-state index is 12.9. The molecule has 2 heterocycles. The van der Waals surface area contributed by atoms with E-state index in [1.165, 1.54) is 11.0 Å². The molecule has 0 aliphatic carbocycles. The number of imide groups is 1. The lowest BCUT2D eigenvalue weighted by Gasteiger charge is -2.35. The van der Waals surface area contributed by atoms with E-state index in [0.29, 0.717) is 49.4 Å². The second kappa shape index (κ2) is 7.73. The first-order valence-electron chi connectivity index (χ1n) is 9.79. The van der Waals surface area contributed by atoms with Crippen LogP contribution >= 0.6 is 0 Å². The van der Waals surface area contributed by atoms with Crippen molar-refractivity contribution in [3.8, 4) is 0 Å². The SMILES string of the molecule is CC(C)CN1C(=O)c2ccc(C(=O)N3CCN(C(=O)C(C)C)CC3)cc2C1=O. The molecule has 4 amide bonds. The van der Waals surface area contributed by atoms with Crippen LogP contribution in [0.2, 0.25) is 0 Å². The lowest BCUT2D eigenvalue weighted by atomic mass is 10.0. The van der Waals surface area contributed by atoms with Crippen molar-refractivity contribution in [3.63, 3.8) is 0 Å². The second-order valence-corrected chi connectivity index (χ2v) is 8.15. The van der Waals surface area contributed by atoms with E-state index in [9.17, 15) is 19.2 Å². The lowest BCUT2D eigenvalue weighted by Crippen LogP contribution is -2.51. The Balaban J connectivity index is 1.72. The number of carbonyl (C=O) groups excluding carboxylic acids is 4. The summed E-state index contributed by atoms with van der Waals surface area (Å²) in [6.07, 6.45) is 0. The van der Waals surface area contributed by atoms with Gasteiger partial charge in [0.05, 0.1) is 11.1 Å². The number of carbonyl (C=O) groups is 4.